The summed E-state index contributed by atoms with van der Waals surface area (Å²) in [5.74, 6) is 2.51. The van der Waals surface area contributed by atoms with Gasteiger partial charge >= 0.3 is 0 Å². The van der Waals surface area contributed by atoms with Gasteiger partial charge in [0.05, 0.1) is 25.8 Å². The van der Waals surface area contributed by atoms with Gasteiger partial charge in [0.15, 0.2) is 5.11 Å². The molecule has 1 aromatic heterocycles. The number of aromatic nitrogens is 2. The van der Waals surface area contributed by atoms with Crippen molar-refractivity contribution >= 4 is 28.6 Å². The van der Waals surface area contributed by atoms with E-state index < -0.39 is 0 Å². The Morgan fingerprint density at radius 3 is 2.08 bits per heavy atom. The first-order valence-electron chi connectivity index (χ1n) is 11.5. The van der Waals surface area contributed by atoms with E-state index in [4.69, 9.17) is 31.2 Å². The maximum absolute atomic E-state index is 5.84. The molecular weight excluding hydrogens is 472 g/mol. The number of hydrogen-bond donors (Lipinski definition) is 1. The number of nitrogens with zero attached hydrogens (tertiary/aromatic N) is 3. The van der Waals surface area contributed by atoms with Crippen molar-refractivity contribution in [1.29, 1.82) is 0 Å². The van der Waals surface area contributed by atoms with Gasteiger partial charge in [-0.1, -0.05) is 47.1 Å². The SMILES string of the molecule is COc1ccc(C2NC(=S)N(c3ccc(OC)cc3)C(C)=C2c2nc(-c3ccc(C)cc3)no2)cc1. The Kier molecular flexibility index (Phi) is 6.43. The van der Waals surface area contributed by atoms with Crippen molar-refractivity contribution < 1.29 is 14.0 Å². The first-order valence-corrected chi connectivity index (χ1v) is 11.9. The molecule has 1 atom stereocenters. The maximum atomic E-state index is 5.84. The molecule has 0 amide bonds. The molecule has 0 fully saturated rings. The van der Waals surface area contributed by atoms with Gasteiger partial charge in [0.2, 0.25) is 5.82 Å². The Morgan fingerprint density at radius 2 is 1.47 bits per heavy atom. The molecule has 36 heavy (non-hydrogen) atoms. The number of ether oxygens (including phenoxy) is 2. The van der Waals surface area contributed by atoms with Crippen LogP contribution in [0, 0.1) is 6.92 Å². The van der Waals surface area contributed by atoms with Crippen LogP contribution < -0.4 is 19.7 Å². The summed E-state index contributed by atoms with van der Waals surface area (Å²) < 4.78 is 16.5. The lowest BCUT2D eigenvalue weighted by Crippen LogP contribution is -2.46. The van der Waals surface area contributed by atoms with Crippen LogP contribution in [0.5, 0.6) is 11.5 Å². The third-order valence-corrected chi connectivity index (χ3v) is 6.53. The van der Waals surface area contributed by atoms with Crippen LogP contribution >= 0.6 is 12.2 Å². The van der Waals surface area contributed by atoms with Crippen LogP contribution in [0.3, 0.4) is 0 Å². The number of allylic oxidation sites excluding steroid dienone is 1. The minimum atomic E-state index is -0.288. The second-order valence-electron chi connectivity index (χ2n) is 8.48. The van der Waals surface area contributed by atoms with Gasteiger partial charge in [0, 0.05) is 16.9 Å². The van der Waals surface area contributed by atoms with Crippen LogP contribution in [0.1, 0.15) is 30.0 Å². The summed E-state index contributed by atoms with van der Waals surface area (Å²) in [4.78, 5) is 6.76. The standard InChI is InChI=1S/C28H26N4O3S/c1-17-5-7-20(8-6-17)26-30-27(35-31-26)24-18(2)32(21-11-15-23(34-4)16-12-21)28(36)29-25(24)19-9-13-22(33-3)14-10-19/h5-16,25H,1-4H3,(H,29,36). The van der Waals surface area contributed by atoms with Crippen LogP contribution in [0.2, 0.25) is 0 Å². The summed E-state index contributed by atoms with van der Waals surface area (Å²) in [5.41, 5.74) is 5.69. The van der Waals surface area contributed by atoms with Crippen LogP contribution in [0.15, 0.2) is 83.0 Å². The second-order valence-corrected chi connectivity index (χ2v) is 8.86. The van der Waals surface area contributed by atoms with Crippen molar-refractivity contribution in [3.05, 3.63) is 95.5 Å². The molecule has 1 unspecified atom stereocenters. The summed E-state index contributed by atoms with van der Waals surface area (Å²) in [5, 5.41) is 8.34. The summed E-state index contributed by atoms with van der Waals surface area (Å²) in [6, 6.07) is 23.4. The molecule has 8 heteroatoms. The van der Waals surface area contributed by atoms with Gasteiger partial charge in [-0.05, 0) is 68.0 Å². The predicted octanol–water partition coefficient (Wildman–Crippen LogP) is 5.93. The van der Waals surface area contributed by atoms with E-state index in [1.807, 2.05) is 91.5 Å². The van der Waals surface area contributed by atoms with Crippen molar-refractivity contribution in [2.75, 3.05) is 19.1 Å². The monoisotopic (exact) mass is 498 g/mol. The third-order valence-electron chi connectivity index (χ3n) is 6.23. The van der Waals surface area contributed by atoms with E-state index in [0.717, 1.165) is 39.6 Å². The van der Waals surface area contributed by atoms with E-state index in [2.05, 4.69) is 10.5 Å². The summed E-state index contributed by atoms with van der Waals surface area (Å²) in [7, 11) is 3.29. The van der Waals surface area contributed by atoms with Crippen LogP contribution in [-0.4, -0.2) is 29.5 Å². The number of thiocarbonyl (C=S) groups is 1. The Labute approximate surface area is 215 Å². The molecule has 1 N–H and O–H groups in total. The Morgan fingerprint density at radius 1 is 0.861 bits per heavy atom. The number of rotatable bonds is 6. The second kappa shape index (κ2) is 9.83. The number of anilines is 1. The predicted molar refractivity (Wildman–Crippen MR) is 144 cm³/mol. The molecule has 0 saturated carbocycles. The fourth-order valence-electron chi connectivity index (χ4n) is 4.26. The highest BCUT2D eigenvalue weighted by atomic mass is 32.1. The van der Waals surface area contributed by atoms with Crippen LogP contribution in [-0.2, 0) is 0 Å². The van der Waals surface area contributed by atoms with Crippen LogP contribution in [0.25, 0.3) is 17.0 Å². The van der Waals surface area contributed by atoms with Gasteiger partial charge in [-0.25, -0.2) is 0 Å². The van der Waals surface area contributed by atoms with Gasteiger partial charge < -0.3 is 19.3 Å². The van der Waals surface area contributed by atoms with Crippen LogP contribution in [0.4, 0.5) is 5.69 Å². The van der Waals surface area contributed by atoms with E-state index in [9.17, 15) is 0 Å². The van der Waals surface area contributed by atoms with E-state index in [1.54, 1.807) is 14.2 Å². The molecule has 0 aliphatic carbocycles. The average molecular weight is 499 g/mol. The molecule has 2 heterocycles. The molecule has 0 spiro atoms. The first kappa shape index (κ1) is 23.6. The molecule has 4 aromatic rings. The van der Waals surface area contributed by atoms with E-state index in [1.165, 1.54) is 5.56 Å². The van der Waals surface area contributed by atoms with Crippen molar-refractivity contribution in [3.8, 4) is 22.9 Å². The highest BCUT2D eigenvalue weighted by Gasteiger charge is 2.34. The van der Waals surface area contributed by atoms with E-state index >= 15 is 0 Å². The zero-order valence-electron chi connectivity index (χ0n) is 20.5. The first-order chi connectivity index (χ1) is 17.5. The lowest BCUT2D eigenvalue weighted by molar-refractivity contribution is 0.404. The lowest BCUT2D eigenvalue weighted by Gasteiger charge is -2.37. The topological polar surface area (TPSA) is 72.7 Å². The highest BCUT2D eigenvalue weighted by molar-refractivity contribution is 7.80. The number of nitrogens with one attached hydrogen (secondary N) is 1. The summed E-state index contributed by atoms with van der Waals surface area (Å²) >= 11 is 5.83. The van der Waals surface area contributed by atoms with Crippen molar-refractivity contribution in [2.24, 2.45) is 0 Å². The quantitative estimate of drug-likeness (QED) is 0.328. The van der Waals surface area contributed by atoms with E-state index in [0.29, 0.717) is 16.8 Å². The van der Waals surface area contributed by atoms with Crippen molar-refractivity contribution in [2.45, 2.75) is 19.9 Å². The van der Waals surface area contributed by atoms with Crippen molar-refractivity contribution in [3.63, 3.8) is 0 Å². The summed E-state index contributed by atoms with van der Waals surface area (Å²) in [6.07, 6.45) is 0. The molecule has 5 rings (SSSR count). The molecule has 0 saturated heterocycles. The third kappa shape index (κ3) is 4.43. The Bertz CT molecular complexity index is 1410. The fourth-order valence-corrected chi connectivity index (χ4v) is 4.62. The number of methoxy groups -OCH3 is 2. The number of aryl methyl sites for hydroxylation is 1. The smallest absolute Gasteiger partial charge is 0.258 e. The van der Waals surface area contributed by atoms with Gasteiger partial charge in [-0.3, -0.25) is 4.90 Å². The lowest BCUT2D eigenvalue weighted by atomic mass is 9.94. The Balaban J connectivity index is 1.62. The fraction of sp³-hybridized carbons (Fsp3) is 0.179. The molecule has 1 aliphatic heterocycles. The largest absolute Gasteiger partial charge is 0.497 e. The molecule has 0 radical (unpaired) electrons. The molecule has 3 aromatic carbocycles. The normalized spacial score (nSPS) is 15.6. The maximum Gasteiger partial charge on any atom is 0.258 e. The van der Waals surface area contributed by atoms with Gasteiger partial charge in [-0.2, -0.15) is 4.98 Å². The van der Waals surface area contributed by atoms with E-state index in [-0.39, 0.29) is 6.04 Å². The minimum Gasteiger partial charge on any atom is -0.497 e. The average Bonchev–Trinajstić information content (AvgIpc) is 3.39. The number of hydrogen-bond acceptors (Lipinski definition) is 6. The van der Waals surface area contributed by atoms with Gasteiger partial charge in [-0.15, -0.1) is 0 Å². The number of benzene rings is 3. The molecule has 7 nitrogen and oxygen atoms in total. The molecule has 182 valence electrons. The Hall–Kier alpha value is -4.17. The molecule has 0 bridgehead atoms. The highest BCUT2D eigenvalue weighted by Crippen LogP contribution is 2.39. The molecule has 1 aliphatic rings. The summed E-state index contributed by atoms with van der Waals surface area (Å²) in [6.45, 7) is 4.06. The molecular formula is C28H26N4O3S. The zero-order valence-corrected chi connectivity index (χ0v) is 21.3. The van der Waals surface area contributed by atoms with Crippen molar-refractivity contribution in [1.82, 2.24) is 15.5 Å². The van der Waals surface area contributed by atoms with Gasteiger partial charge in [0.25, 0.3) is 5.89 Å². The van der Waals surface area contributed by atoms with Gasteiger partial charge in [0.1, 0.15) is 11.5 Å². The minimum absolute atomic E-state index is 0.288. The zero-order chi connectivity index (χ0) is 25.2.